The third-order valence-electron chi connectivity index (χ3n) is 5.30. The minimum Gasteiger partial charge on any atom is -0.490 e. The van der Waals surface area contributed by atoms with Crippen LogP contribution < -0.4 is 9.04 Å². The van der Waals surface area contributed by atoms with Crippen LogP contribution in [0.25, 0.3) is 0 Å². The normalized spacial score (nSPS) is 15.9. The van der Waals surface area contributed by atoms with Crippen LogP contribution in [0, 0.1) is 0 Å². The van der Waals surface area contributed by atoms with Gasteiger partial charge < -0.3 is 9.47 Å². The van der Waals surface area contributed by atoms with Gasteiger partial charge in [-0.05, 0) is 34.7 Å². The Balaban J connectivity index is 1.78. The summed E-state index contributed by atoms with van der Waals surface area (Å²) >= 11 is 0. The van der Waals surface area contributed by atoms with E-state index in [1.807, 2.05) is 66.7 Å². The highest BCUT2D eigenvalue weighted by Crippen LogP contribution is 2.38. The lowest BCUT2D eigenvalue weighted by atomic mass is 9.86. The molecular formula is C26H29NO4S. The van der Waals surface area contributed by atoms with Gasteiger partial charge in [-0.2, -0.15) is 0 Å². The smallest absolute Gasteiger partial charge is 0.243 e. The predicted octanol–water partition coefficient (Wildman–Crippen LogP) is 5.43. The summed E-state index contributed by atoms with van der Waals surface area (Å²) < 4.78 is 40.1. The summed E-state index contributed by atoms with van der Waals surface area (Å²) in [7, 11) is -3.71. The van der Waals surface area contributed by atoms with Crippen LogP contribution in [-0.4, -0.2) is 27.7 Å². The molecule has 6 heteroatoms. The van der Waals surface area contributed by atoms with E-state index in [4.69, 9.17) is 9.47 Å². The largest absolute Gasteiger partial charge is 0.490 e. The van der Waals surface area contributed by atoms with Crippen LogP contribution in [0.3, 0.4) is 0 Å². The third kappa shape index (κ3) is 5.31. The second-order valence-corrected chi connectivity index (χ2v) is 10.9. The zero-order chi connectivity index (χ0) is 22.8. The zero-order valence-corrected chi connectivity index (χ0v) is 19.5. The summed E-state index contributed by atoms with van der Waals surface area (Å²) in [4.78, 5) is 0. The van der Waals surface area contributed by atoms with Crippen LogP contribution in [0.2, 0.25) is 0 Å². The molecule has 1 aliphatic rings. The first-order valence-electron chi connectivity index (χ1n) is 10.7. The monoisotopic (exact) mass is 451 g/mol. The highest BCUT2D eigenvalue weighted by molar-refractivity contribution is 7.92. The highest BCUT2D eigenvalue weighted by atomic mass is 32.2. The van der Waals surface area contributed by atoms with Crippen molar-refractivity contribution in [2.75, 3.05) is 17.5 Å². The van der Waals surface area contributed by atoms with Gasteiger partial charge in [0.15, 0.2) is 0 Å². The number of hydrogen-bond acceptors (Lipinski definition) is 4. The molecular weight excluding hydrogens is 422 g/mol. The molecule has 0 aromatic heterocycles. The van der Waals surface area contributed by atoms with E-state index >= 15 is 0 Å². The number of rotatable bonds is 8. The summed E-state index contributed by atoms with van der Waals surface area (Å²) in [6, 6.07) is 24.0. The van der Waals surface area contributed by atoms with E-state index in [-0.39, 0.29) is 17.3 Å². The second-order valence-electron chi connectivity index (χ2n) is 9.04. The number of anilines is 2. The standard InChI is InChI=1S/C26H29NO4S/c1-26(2,3)24-15-14-22(16-25(24)31-18-23-17-30-23)27(21-12-8-5-9-13-21)32(28,29)19-20-10-6-4-7-11-20/h4-16,23H,17-19H2,1-3H3. The number of nitrogens with zero attached hydrogens (tertiary/aromatic N) is 1. The molecule has 0 radical (unpaired) electrons. The number of sulfonamides is 1. The molecule has 1 heterocycles. The molecule has 1 aliphatic heterocycles. The molecule has 3 aromatic rings. The first-order valence-corrected chi connectivity index (χ1v) is 12.4. The van der Waals surface area contributed by atoms with Gasteiger partial charge in [-0.1, -0.05) is 75.4 Å². The molecule has 3 aromatic carbocycles. The van der Waals surface area contributed by atoms with Crippen LogP contribution in [0.4, 0.5) is 11.4 Å². The van der Waals surface area contributed by atoms with E-state index < -0.39 is 10.0 Å². The van der Waals surface area contributed by atoms with E-state index in [0.29, 0.717) is 30.3 Å². The lowest BCUT2D eigenvalue weighted by molar-refractivity contribution is 0.258. The molecule has 0 saturated carbocycles. The average Bonchev–Trinajstić information content (AvgIpc) is 3.57. The quantitative estimate of drug-likeness (QED) is 0.429. The Kier molecular flexibility index (Phi) is 6.26. The summed E-state index contributed by atoms with van der Waals surface area (Å²) in [6.07, 6.45) is 0.110. The highest BCUT2D eigenvalue weighted by Gasteiger charge is 2.29. The molecule has 1 saturated heterocycles. The fraction of sp³-hybridized carbons (Fsp3) is 0.308. The number of para-hydroxylation sites is 1. The minimum atomic E-state index is -3.71. The predicted molar refractivity (Wildman–Crippen MR) is 128 cm³/mol. The lowest BCUT2D eigenvalue weighted by Gasteiger charge is -2.28. The third-order valence-corrected chi connectivity index (χ3v) is 6.97. The Hall–Kier alpha value is -2.83. The van der Waals surface area contributed by atoms with Crippen molar-refractivity contribution < 1.29 is 17.9 Å². The van der Waals surface area contributed by atoms with Gasteiger partial charge in [0.25, 0.3) is 0 Å². The van der Waals surface area contributed by atoms with Gasteiger partial charge in [0, 0.05) is 6.07 Å². The van der Waals surface area contributed by atoms with Gasteiger partial charge in [0.05, 0.1) is 23.7 Å². The van der Waals surface area contributed by atoms with Crippen molar-refractivity contribution >= 4 is 21.4 Å². The first-order chi connectivity index (χ1) is 15.2. The molecule has 32 heavy (non-hydrogen) atoms. The van der Waals surface area contributed by atoms with Crippen LogP contribution in [0.15, 0.2) is 78.9 Å². The Labute approximate surface area is 190 Å². The van der Waals surface area contributed by atoms with Crippen LogP contribution in [0.1, 0.15) is 31.9 Å². The molecule has 1 atom stereocenters. The summed E-state index contributed by atoms with van der Waals surface area (Å²) in [6.45, 7) is 7.50. The fourth-order valence-electron chi connectivity index (χ4n) is 3.61. The molecule has 1 unspecified atom stereocenters. The van der Waals surface area contributed by atoms with Crippen molar-refractivity contribution in [1.29, 1.82) is 0 Å². The topological polar surface area (TPSA) is 59.1 Å². The first kappa shape index (κ1) is 22.4. The van der Waals surface area contributed by atoms with Crippen molar-refractivity contribution in [3.05, 3.63) is 90.0 Å². The molecule has 0 amide bonds. The SMILES string of the molecule is CC(C)(C)c1ccc(N(c2ccccc2)S(=O)(=O)Cc2ccccc2)cc1OCC1CO1. The van der Waals surface area contributed by atoms with E-state index in [1.54, 1.807) is 12.1 Å². The van der Waals surface area contributed by atoms with Crippen molar-refractivity contribution in [1.82, 2.24) is 0 Å². The van der Waals surface area contributed by atoms with Gasteiger partial charge in [-0.25, -0.2) is 12.7 Å². The van der Waals surface area contributed by atoms with Crippen molar-refractivity contribution in [3.8, 4) is 5.75 Å². The van der Waals surface area contributed by atoms with Crippen LogP contribution in [-0.2, 0) is 25.9 Å². The summed E-state index contributed by atoms with van der Waals surface area (Å²) in [5, 5.41) is 0. The van der Waals surface area contributed by atoms with Gasteiger partial charge >= 0.3 is 0 Å². The zero-order valence-electron chi connectivity index (χ0n) is 18.7. The molecule has 1 fully saturated rings. The number of epoxide rings is 1. The molecule has 4 rings (SSSR count). The Morgan fingerprint density at radius 1 is 0.938 bits per heavy atom. The molecule has 0 aliphatic carbocycles. The average molecular weight is 452 g/mol. The number of hydrogen-bond donors (Lipinski definition) is 0. The fourth-order valence-corrected chi connectivity index (χ4v) is 5.23. The van der Waals surface area contributed by atoms with Gasteiger partial charge in [-0.15, -0.1) is 0 Å². The summed E-state index contributed by atoms with van der Waals surface area (Å²) in [5.74, 6) is 0.580. The summed E-state index contributed by atoms with van der Waals surface area (Å²) in [5.41, 5.74) is 2.74. The molecule has 5 nitrogen and oxygen atoms in total. The van der Waals surface area contributed by atoms with Gasteiger partial charge in [0.1, 0.15) is 18.5 Å². The van der Waals surface area contributed by atoms with Crippen LogP contribution in [0.5, 0.6) is 5.75 Å². The van der Waals surface area contributed by atoms with E-state index in [0.717, 1.165) is 11.1 Å². The van der Waals surface area contributed by atoms with E-state index in [1.165, 1.54) is 4.31 Å². The molecule has 0 bridgehead atoms. The van der Waals surface area contributed by atoms with Crippen LogP contribution >= 0.6 is 0 Å². The molecule has 0 N–H and O–H groups in total. The maximum absolute atomic E-state index is 13.6. The van der Waals surface area contributed by atoms with Crippen molar-refractivity contribution in [3.63, 3.8) is 0 Å². The maximum atomic E-state index is 13.6. The van der Waals surface area contributed by atoms with Crippen molar-refractivity contribution in [2.24, 2.45) is 0 Å². The Bertz CT molecular complexity index is 1150. The lowest BCUT2D eigenvalue weighted by Crippen LogP contribution is -2.28. The van der Waals surface area contributed by atoms with Gasteiger partial charge in [-0.3, -0.25) is 0 Å². The second kappa shape index (κ2) is 8.96. The minimum absolute atomic E-state index is 0.101. The van der Waals surface area contributed by atoms with Gasteiger partial charge in [0.2, 0.25) is 10.0 Å². The molecule has 168 valence electrons. The Morgan fingerprint density at radius 3 is 2.16 bits per heavy atom. The maximum Gasteiger partial charge on any atom is 0.243 e. The number of ether oxygens (including phenoxy) is 2. The number of benzene rings is 3. The molecule has 0 spiro atoms. The Morgan fingerprint density at radius 2 is 1.56 bits per heavy atom. The van der Waals surface area contributed by atoms with E-state index in [9.17, 15) is 8.42 Å². The van der Waals surface area contributed by atoms with E-state index in [2.05, 4.69) is 20.8 Å². The van der Waals surface area contributed by atoms with Crippen molar-refractivity contribution in [2.45, 2.75) is 38.0 Å².